The molecule has 2 aromatic rings. The van der Waals surface area contributed by atoms with Gasteiger partial charge in [-0.2, -0.15) is 13.2 Å². The van der Waals surface area contributed by atoms with Crippen molar-refractivity contribution in [1.82, 2.24) is 0 Å². The molecule has 1 atom stereocenters. The van der Waals surface area contributed by atoms with Crippen LogP contribution in [0.3, 0.4) is 0 Å². The lowest BCUT2D eigenvalue weighted by Crippen LogP contribution is -2.30. The predicted molar refractivity (Wildman–Crippen MR) is 91.9 cm³/mol. The molecule has 3 N–H and O–H groups in total. The Morgan fingerprint density at radius 1 is 1.14 bits per heavy atom. The Morgan fingerprint density at radius 2 is 1.86 bits per heavy atom. The molecule has 1 aliphatic rings. The Morgan fingerprint density at radius 3 is 2.54 bits per heavy atom. The SMILES string of the molecule is C[C@H](OC(=O)c1ccc(C(F)(F)F)cc1N)C(=O)Nc1ccc2c(c1)OCO2. The average Bonchev–Trinajstić information content (AvgIpc) is 3.08. The fraction of sp³-hybridized carbons (Fsp3) is 0.222. The van der Waals surface area contributed by atoms with Crippen molar-refractivity contribution < 1.29 is 37.0 Å². The first-order valence-electron chi connectivity index (χ1n) is 8.03. The van der Waals surface area contributed by atoms with E-state index in [9.17, 15) is 22.8 Å². The first-order chi connectivity index (χ1) is 13.1. The van der Waals surface area contributed by atoms with Gasteiger partial charge in [0.15, 0.2) is 17.6 Å². The normalized spacial score (nSPS) is 13.7. The molecule has 148 valence electrons. The lowest BCUT2D eigenvalue weighted by molar-refractivity contribution is -0.137. The second-order valence-electron chi connectivity index (χ2n) is 5.90. The summed E-state index contributed by atoms with van der Waals surface area (Å²) >= 11 is 0. The van der Waals surface area contributed by atoms with Crippen LogP contribution in [-0.4, -0.2) is 24.8 Å². The molecule has 7 nitrogen and oxygen atoms in total. The van der Waals surface area contributed by atoms with Gasteiger partial charge >= 0.3 is 12.1 Å². The Bertz CT molecular complexity index is 930. The van der Waals surface area contributed by atoms with Crippen LogP contribution < -0.4 is 20.5 Å². The molecule has 0 saturated heterocycles. The van der Waals surface area contributed by atoms with E-state index in [2.05, 4.69) is 5.32 Å². The molecule has 3 rings (SSSR count). The zero-order valence-electron chi connectivity index (χ0n) is 14.5. The number of esters is 1. The summed E-state index contributed by atoms with van der Waals surface area (Å²) in [5.74, 6) is -0.660. The van der Waals surface area contributed by atoms with Crippen LogP contribution in [0.15, 0.2) is 36.4 Å². The van der Waals surface area contributed by atoms with Crippen LogP contribution in [0, 0.1) is 0 Å². The highest BCUT2D eigenvalue weighted by Gasteiger charge is 2.31. The van der Waals surface area contributed by atoms with Crippen molar-refractivity contribution in [2.75, 3.05) is 17.8 Å². The van der Waals surface area contributed by atoms with Gasteiger partial charge < -0.3 is 25.3 Å². The third-order valence-electron chi connectivity index (χ3n) is 3.89. The van der Waals surface area contributed by atoms with Crippen molar-refractivity contribution in [3.05, 3.63) is 47.5 Å². The zero-order chi connectivity index (χ0) is 20.5. The van der Waals surface area contributed by atoms with Crippen molar-refractivity contribution in [3.63, 3.8) is 0 Å². The van der Waals surface area contributed by atoms with Gasteiger partial charge in [-0.15, -0.1) is 0 Å². The average molecular weight is 396 g/mol. The van der Waals surface area contributed by atoms with Crippen molar-refractivity contribution >= 4 is 23.3 Å². The number of rotatable bonds is 4. The summed E-state index contributed by atoms with van der Waals surface area (Å²) in [6.07, 6.45) is -5.81. The molecule has 0 fully saturated rings. The monoisotopic (exact) mass is 396 g/mol. The largest absolute Gasteiger partial charge is 0.454 e. The molecule has 1 aliphatic heterocycles. The van der Waals surface area contributed by atoms with Gasteiger partial charge in [0, 0.05) is 17.4 Å². The maximum atomic E-state index is 12.7. The van der Waals surface area contributed by atoms with Crippen LogP contribution in [0.1, 0.15) is 22.8 Å². The summed E-state index contributed by atoms with van der Waals surface area (Å²) in [4.78, 5) is 24.4. The number of ether oxygens (including phenoxy) is 3. The van der Waals surface area contributed by atoms with E-state index in [0.29, 0.717) is 29.3 Å². The molecule has 0 saturated carbocycles. The molecule has 0 aliphatic carbocycles. The third kappa shape index (κ3) is 4.11. The van der Waals surface area contributed by atoms with Gasteiger partial charge in [-0.25, -0.2) is 4.79 Å². The number of hydrogen-bond donors (Lipinski definition) is 2. The number of amides is 1. The molecule has 0 spiro atoms. The zero-order valence-corrected chi connectivity index (χ0v) is 14.5. The van der Waals surface area contributed by atoms with Crippen LogP contribution in [0.2, 0.25) is 0 Å². The molecule has 0 unspecified atom stereocenters. The van der Waals surface area contributed by atoms with Gasteiger partial charge in [-0.3, -0.25) is 4.79 Å². The van der Waals surface area contributed by atoms with E-state index in [0.717, 1.165) is 6.07 Å². The fourth-order valence-corrected chi connectivity index (χ4v) is 2.42. The van der Waals surface area contributed by atoms with Gasteiger partial charge in [0.1, 0.15) is 0 Å². The van der Waals surface area contributed by atoms with E-state index >= 15 is 0 Å². The van der Waals surface area contributed by atoms with Crippen LogP contribution >= 0.6 is 0 Å². The summed E-state index contributed by atoms with van der Waals surface area (Å²) in [5.41, 5.74) is 4.26. The fourth-order valence-electron chi connectivity index (χ4n) is 2.42. The van der Waals surface area contributed by atoms with Crippen LogP contribution in [-0.2, 0) is 15.7 Å². The molecule has 10 heteroatoms. The molecule has 0 radical (unpaired) electrons. The third-order valence-corrected chi connectivity index (χ3v) is 3.89. The Hall–Kier alpha value is -3.43. The van der Waals surface area contributed by atoms with Crippen LogP contribution in [0.25, 0.3) is 0 Å². The molecule has 1 heterocycles. The Labute approximate surface area is 157 Å². The van der Waals surface area contributed by atoms with Crippen molar-refractivity contribution in [2.24, 2.45) is 0 Å². The number of carbonyl (C=O) groups is 2. The summed E-state index contributed by atoms with van der Waals surface area (Å²) in [6.45, 7) is 1.40. The van der Waals surface area contributed by atoms with Crippen LogP contribution in [0.5, 0.6) is 11.5 Å². The highest BCUT2D eigenvalue weighted by atomic mass is 19.4. The summed E-state index contributed by atoms with van der Waals surface area (Å²) < 4.78 is 53.4. The second-order valence-corrected chi connectivity index (χ2v) is 5.90. The van der Waals surface area contributed by atoms with Gasteiger partial charge in [0.05, 0.1) is 11.1 Å². The summed E-state index contributed by atoms with van der Waals surface area (Å²) in [5, 5.41) is 2.54. The highest BCUT2D eigenvalue weighted by molar-refractivity contribution is 5.99. The minimum atomic E-state index is -4.59. The first kappa shape index (κ1) is 19.3. The number of halogens is 3. The number of nitrogens with two attached hydrogens (primary N) is 1. The Balaban J connectivity index is 1.64. The molecular formula is C18H15F3N2O5. The van der Waals surface area contributed by atoms with E-state index < -0.39 is 35.4 Å². The van der Waals surface area contributed by atoms with Gasteiger partial charge in [-0.05, 0) is 37.3 Å². The minimum absolute atomic E-state index is 0.0787. The minimum Gasteiger partial charge on any atom is -0.454 e. The van der Waals surface area contributed by atoms with E-state index in [1.165, 1.54) is 6.92 Å². The molecule has 0 aromatic heterocycles. The molecule has 1 amide bonds. The summed E-state index contributed by atoms with van der Waals surface area (Å²) in [7, 11) is 0. The van der Waals surface area contributed by atoms with Gasteiger partial charge in [0.2, 0.25) is 6.79 Å². The highest BCUT2D eigenvalue weighted by Crippen LogP contribution is 2.34. The topological polar surface area (TPSA) is 99.9 Å². The van der Waals surface area contributed by atoms with Crippen LogP contribution in [0.4, 0.5) is 24.5 Å². The quantitative estimate of drug-likeness (QED) is 0.608. The maximum absolute atomic E-state index is 12.7. The number of benzene rings is 2. The van der Waals surface area contributed by atoms with Crippen molar-refractivity contribution in [2.45, 2.75) is 19.2 Å². The number of fused-ring (bicyclic) bond motifs is 1. The number of nitrogens with one attached hydrogen (secondary N) is 1. The maximum Gasteiger partial charge on any atom is 0.416 e. The number of nitrogen functional groups attached to an aromatic ring is 1. The van der Waals surface area contributed by atoms with E-state index in [1.54, 1.807) is 18.2 Å². The van der Waals surface area contributed by atoms with E-state index in [-0.39, 0.29) is 12.4 Å². The smallest absolute Gasteiger partial charge is 0.416 e. The molecule has 2 aromatic carbocycles. The van der Waals surface area contributed by atoms with Gasteiger partial charge in [-0.1, -0.05) is 0 Å². The van der Waals surface area contributed by atoms with E-state index in [1.807, 2.05) is 0 Å². The number of anilines is 2. The molecule has 28 heavy (non-hydrogen) atoms. The standard InChI is InChI=1S/C18H15F3N2O5/c1-9(16(24)23-11-3-5-14-15(7-11)27-8-26-14)28-17(25)12-4-2-10(6-13(12)22)18(19,20)21/h2-7,9H,8,22H2,1H3,(H,23,24)/t9-/m0/s1. The number of alkyl halides is 3. The first-order valence-corrected chi connectivity index (χ1v) is 8.03. The lowest BCUT2D eigenvalue weighted by Gasteiger charge is -2.15. The lowest BCUT2D eigenvalue weighted by atomic mass is 10.1. The molecule has 0 bridgehead atoms. The second kappa shape index (κ2) is 7.29. The van der Waals surface area contributed by atoms with Gasteiger partial charge in [0.25, 0.3) is 5.91 Å². The summed E-state index contributed by atoms with van der Waals surface area (Å²) in [6, 6.07) is 6.98. The number of hydrogen-bond acceptors (Lipinski definition) is 6. The predicted octanol–water partition coefficient (Wildman–Crippen LogP) is 3.20. The van der Waals surface area contributed by atoms with E-state index in [4.69, 9.17) is 19.9 Å². The van der Waals surface area contributed by atoms with Crippen molar-refractivity contribution in [1.29, 1.82) is 0 Å². The number of carbonyl (C=O) groups excluding carboxylic acids is 2. The van der Waals surface area contributed by atoms with Crippen molar-refractivity contribution in [3.8, 4) is 11.5 Å². The molecular weight excluding hydrogens is 381 g/mol. The Kier molecular flexibility index (Phi) is 5.04.